The molecule has 1 aliphatic heterocycles. The first kappa shape index (κ1) is 7.14. The van der Waals surface area contributed by atoms with Gasteiger partial charge >= 0.3 is 18.9 Å². The van der Waals surface area contributed by atoms with Crippen LogP contribution in [0.4, 0.5) is 0 Å². The quantitative estimate of drug-likeness (QED) is 0.250. The molecule has 2 heteroatoms. The molecule has 0 radical (unpaired) electrons. The van der Waals surface area contributed by atoms with Crippen molar-refractivity contribution in [1.82, 2.24) is 0 Å². The van der Waals surface area contributed by atoms with Crippen LogP contribution >= 0.6 is 0 Å². The minimum absolute atomic E-state index is 0. The minimum Gasteiger partial charge on any atom is -0.693 e. The van der Waals surface area contributed by atoms with E-state index in [9.17, 15) is 0 Å². The van der Waals surface area contributed by atoms with Gasteiger partial charge in [-0.2, -0.15) is 0 Å². The van der Waals surface area contributed by atoms with Crippen LogP contribution in [0.1, 0.15) is 12.8 Å². The molecule has 0 saturated heterocycles. The second kappa shape index (κ2) is 4.30. The largest absolute Gasteiger partial charge is 1.00 e. The second-order valence-electron chi connectivity index (χ2n) is 1.31. The van der Waals surface area contributed by atoms with Gasteiger partial charge in [0, 0.05) is 6.61 Å². The Hall–Kier alpha value is 0.137. The molecule has 0 bridgehead atoms. The number of rotatable bonds is 0. The van der Waals surface area contributed by atoms with Gasteiger partial charge < -0.3 is 11.0 Å². The third-order valence-corrected chi connectivity index (χ3v) is 0.762. The van der Waals surface area contributed by atoms with Gasteiger partial charge in [0.25, 0.3) is 0 Å². The molecular formula is C5H7LiO. The van der Waals surface area contributed by atoms with Crippen molar-refractivity contribution < 1.29 is 23.6 Å². The van der Waals surface area contributed by atoms with Crippen LogP contribution in [-0.4, -0.2) is 6.61 Å². The molecule has 0 aromatic rings. The summed E-state index contributed by atoms with van der Waals surface area (Å²) in [5, 5.41) is 0. The fourth-order valence-corrected chi connectivity index (χ4v) is 0.434. The molecule has 1 heterocycles. The zero-order chi connectivity index (χ0) is 4.24. The van der Waals surface area contributed by atoms with Crippen LogP contribution in [0.25, 0.3) is 0 Å². The average molecular weight is 90.1 g/mol. The van der Waals surface area contributed by atoms with Crippen LogP contribution in [0.15, 0.2) is 6.08 Å². The second-order valence-corrected chi connectivity index (χ2v) is 1.31. The molecule has 0 aromatic carbocycles. The van der Waals surface area contributed by atoms with Gasteiger partial charge in [-0.25, -0.2) is 6.08 Å². The smallest absolute Gasteiger partial charge is 0.693 e. The Kier molecular flexibility index (Phi) is 4.38. The number of allylic oxidation sites excluding steroid dienone is 1. The third-order valence-electron chi connectivity index (χ3n) is 0.762. The Bertz CT molecular complexity index is 53.1. The first-order chi connectivity index (χ1) is 3.00. The van der Waals surface area contributed by atoms with Crippen LogP contribution in [0, 0.1) is 6.26 Å². The average Bonchev–Trinajstić information content (AvgIpc) is 1.72. The topological polar surface area (TPSA) is 9.23 Å². The van der Waals surface area contributed by atoms with E-state index >= 15 is 0 Å². The van der Waals surface area contributed by atoms with Gasteiger partial charge in [-0.1, -0.05) is 6.42 Å². The molecule has 0 aromatic heterocycles. The van der Waals surface area contributed by atoms with Crippen molar-refractivity contribution in [2.45, 2.75) is 12.8 Å². The van der Waals surface area contributed by atoms with Crippen LogP contribution in [-0.2, 0) is 4.74 Å². The van der Waals surface area contributed by atoms with Crippen molar-refractivity contribution >= 4 is 0 Å². The van der Waals surface area contributed by atoms with Crippen molar-refractivity contribution in [3.05, 3.63) is 12.3 Å². The molecular weight excluding hydrogens is 83.0 g/mol. The summed E-state index contributed by atoms with van der Waals surface area (Å²) in [6, 6.07) is 0. The van der Waals surface area contributed by atoms with Gasteiger partial charge in [-0.15, -0.1) is 0 Å². The van der Waals surface area contributed by atoms with Gasteiger partial charge in [0.1, 0.15) is 0 Å². The van der Waals surface area contributed by atoms with Crippen molar-refractivity contribution in [2.75, 3.05) is 6.61 Å². The van der Waals surface area contributed by atoms with Crippen molar-refractivity contribution in [3.63, 3.8) is 0 Å². The SMILES string of the molecule is [C-]1=CCCCO1.[Li+]. The monoisotopic (exact) mass is 90.1 g/mol. The molecule has 0 spiro atoms. The molecule has 0 amide bonds. The molecule has 1 aliphatic rings. The summed E-state index contributed by atoms with van der Waals surface area (Å²) in [6.07, 6.45) is 6.88. The molecule has 0 atom stereocenters. The zero-order valence-corrected chi connectivity index (χ0v) is 4.61. The maximum Gasteiger partial charge on any atom is 1.00 e. The molecule has 0 aliphatic carbocycles. The summed E-state index contributed by atoms with van der Waals surface area (Å²) in [4.78, 5) is 0. The van der Waals surface area contributed by atoms with E-state index in [4.69, 9.17) is 4.74 Å². The van der Waals surface area contributed by atoms with Gasteiger partial charge in [0.2, 0.25) is 0 Å². The molecule has 0 saturated carbocycles. The first-order valence-electron chi connectivity index (χ1n) is 2.19. The van der Waals surface area contributed by atoms with Crippen LogP contribution < -0.4 is 18.9 Å². The predicted octanol–water partition coefficient (Wildman–Crippen LogP) is -1.88. The third kappa shape index (κ3) is 2.79. The number of hydrogen-bond donors (Lipinski definition) is 0. The first-order valence-corrected chi connectivity index (χ1v) is 2.19. The number of ether oxygens (including phenoxy) is 1. The van der Waals surface area contributed by atoms with Gasteiger partial charge in [0.05, 0.1) is 0 Å². The van der Waals surface area contributed by atoms with E-state index in [-0.39, 0.29) is 18.9 Å². The fourth-order valence-electron chi connectivity index (χ4n) is 0.434. The molecule has 1 rings (SSSR count). The molecule has 1 nitrogen and oxygen atoms in total. The molecule has 7 heavy (non-hydrogen) atoms. The summed E-state index contributed by atoms with van der Waals surface area (Å²) in [7, 11) is 0. The van der Waals surface area contributed by atoms with E-state index in [1.165, 1.54) is 0 Å². The Morgan fingerprint density at radius 1 is 1.57 bits per heavy atom. The van der Waals surface area contributed by atoms with Crippen LogP contribution in [0.2, 0.25) is 0 Å². The molecule has 0 N–H and O–H groups in total. The normalized spacial score (nSPS) is 17.1. The van der Waals surface area contributed by atoms with E-state index in [1.54, 1.807) is 0 Å². The van der Waals surface area contributed by atoms with E-state index in [0.29, 0.717) is 0 Å². The maximum absolute atomic E-state index is 4.76. The zero-order valence-electron chi connectivity index (χ0n) is 4.61. The molecule has 34 valence electrons. The minimum atomic E-state index is 0. The van der Waals surface area contributed by atoms with Crippen molar-refractivity contribution in [3.8, 4) is 0 Å². The summed E-state index contributed by atoms with van der Waals surface area (Å²) in [6.45, 7) is 0.858. The Morgan fingerprint density at radius 2 is 2.43 bits per heavy atom. The van der Waals surface area contributed by atoms with E-state index in [0.717, 1.165) is 19.4 Å². The molecule has 0 fully saturated rings. The van der Waals surface area contributed by atoms with E-state index < -0.39 is 0 Å². The van der Waals surface area contributed by atoms with E-state index in [2.05, 4.69) is 6.26 Å². The van der Waals surface area contributed by atoms with E-state index in [1.807, 2.05) is 6.08 Å². The van der Waals surface area contributed by atoms with Crippen molar-refractivity contribution in [1.29, 1.82) is 0 Å². The standard InChI is InChI=1S/C5H7O.Li/c1-2-4-6-5-3-1;/h2H,1,3,5H2;/q-1;+1. The maximum atomic E-state index is 4.76. The van der Waals surface area contributed by atoms with Crippen molar-refractivity contribution in [2.24, 2.45) is 0 Å². The fraction of sp³-hybridized carbons (Fsp3) is 0.600. The summed E-state index contributed by atoms with van der Waals surface area (Å²) in [5.74, 6) is 0. The summed E-state index contributed by atoms with van der Waals surface area (Å²) < 4.78 is 4.76. The Morgan fingerprint density at radius 3 is 2.57 bits per heavy atom. The summed E-state index contributed by atoms with van der Waals surface area (Å²) >= 11 is 0. The van der Waals surface area contributed by atoms with Crippen LogP contribution in [0.3, 0.4) is 0 Å². The predicted molar refractivity (Wildman–Crippen MR) is 23.0 cm³/mol. The van der Waals surface area contributed by atoms with Crippen LogP contribution in [0.5, 0.6) is 0 Å². The Balaban J connectivity index is 0.000000360. The van der Waals surface area contributed by atoms with Gasteiger partial charge in [-0.3, -0.25) is 0 Å². The number of hydrogen-bond acceptors (Lipinski definition) is 1. The summed E-state index contributed by atoms with van der Waals surface area (Å²) in [5.41, 5.74) is 0. The van der Waals surface area contributed by atoms with Gasteiger partial charge in [-0.05, 0) is 6.42 Å². The Labute approximate surface area is 55.9 Å². The van der Waals surface area contributed by atoms with Gasteiger partial charge in [0.15, 0.2) is 0 Å². The molecule has 0 unspecified atom stereocenters.